The van der Waals surface area contributed by atoms with Gasteiger partial charge in [-0.15, -0.1) is 0 Å². The van der Waals surface area contributed by atoms with E-state index in [2.05, 4.69) is 20.4 Å². The predicted molar refractivity (Wildman–Crippen MR) is 123 cm³/mol. The molecule has 1 amide bonds. The number of hydrogen-bond donors (Lipinski definition) is 0. The zero-order chi connectivity index (χ0) is 23.0. The second-order valence-electron chi connectivity index (χ2n) is 9.67. The molecule has 0 N–H and O–H groups in total. The summed E-state index contributed by atoms with van der Waals surface area (Å²) in [5.41, 5.74) is 1.40. The fraction of sp³-hybridized carbons (Fsp3) is 0.538. The Morgan fingerprint density at radius 3 is 2.69 bits per heavy atom. The van der Waals surface area contributed by atoms with Gasteiger partial charge in [0.1, 0.15) is 18.5 Å². The summed E-state index contributed by atoms with van der Waals surface area (Å²) < 4.78 is 12.0. The molecule has 5 atom stereocenters. The van der Waals surface area contributed by atoms with Crippen molar-refractivity contribution in [3.05, 3.63) is 53.8 Å². The summed E-state index contributed by atoms with van der Waals surface area (Å²) in [6, 6.07) is 7.21. The number of fused-ring (bicyclic) bond motifs is 1. The summed E-state index contributed by atoms with van der Waals surface area (Å²) in [6.45, 7) is 9.72. The molecule has 1 aliphatic carbocycles. The predicted octanol–water partition coefficient (Wildman–Crippen LogP) is 3.60. The average molecular weight is 439 g/mol. The first kappa shape index (κ1) is 22.6. The minimum absolute atomic E-state index is 0.0816. The van der Waals surface area contributed by atoms with Crippen LogP contribution in [0.1, 0.15) is 38.3 Å². The molecule has 6 heteroatoms. The van der Waals surface area contributed by atoms with Crippen LogP contribution in [0.2, 0.25) is 0 Å². The largest absolute Gasteiger partial charge is 0.490 e. The molecule has 2 heterocycles. The Labute approximate surface area is 190 Å². The van der Waals surface area contributed by atoms with E-state index in [4.69, 9.17) is 9.47 Å². The van der Waals surface area contributed by atoms with Crippen molar-refractivity contribution in [1.29, 1.82) is 0 Å². The van der Waals surface area contributed by atoms with Gasteiger partial charge in [0, 0.05) is 13.1 Å². The van der Waals surface area contributed by atoms with E-state index in [1.54, 1.807) is 11.0 Å². The Balaban J connectivity index is 1.73. The van der Waals surface area contributed by atoms with Gasteiger partial charge in [-0.1, -0.05) is 38.6 Å². The molecule has 0 spiro atoms. The molecular weight excluding hydrogens is 404 g/mol. The van der Waals surface area contributed by atoms with Gasteiger partial charge in [0.05, 0.1) is 17.5 Å². The second kappa shape index (κ2) is 9.10. The molecule has 1 aromatic rings. The summed E-state index contributed by atoms with van der Waals surface area (Å²) in [6.07, 6.45) is 3.12. The van der Waals surface area contributed by atoms with Gasteiger partial charge in [-0.2, -0.15) is 0 Å². The van der Waals surface area contributed by atoms with Gasteiger partial charge in [-0.25, -0.2) is 0 Å². The van der Waals surface area contributed by atoms with E-state index in [0.29, 0.717) is 42.9 Å². The summed E-state index contributed by atoms with van der Waals surface area (Å²) in [4.78, 5) is 31.1. The maximum atomic E-state index is 13.8. The third-order valence-corrected chi connectivity index (χ3v) is 7.14. The molecule has 0 bridgehead atoms. The molecule has 0 saturated heterocycles. The summed E-state index contributed by atoms with van der Waals surface area (Å²) in [5.74, 6) is 1.62. The monoisotopic (exact) mass is 438 g/mol. The number of ketones is 1. The number of hydrogen-bond acceptors (Lipinski definition) is 5. The van der Waals surface area contributed by atoms with Crippen molar-refractivity contribution in [1.82, 2.24) is 9.80 Å². The lowest BCUT2D eigenvalue weighted by Crippen LogP contribution is -2.43. The normalized spacial score (nSPS) is 29.7. The van der Waals surface area contributed by atoms with E-state index >= 15 is 0 Å². The van der Waals surface area contributed by atoms with E-state index in [9.17, 15) is 9.59 Å². The van der Waals surface area contributed by atoms with Crippen molar-refractivity contribution in [2.45, 2.75) is 38.8 Å². The smallest absolute Gasteiger partial charge is 0.290 e. The van der Waals surface area contributed by atoms with Crippen molar-refractivity contribution in [3.63, 3.8) is 0 Å². The number of likely N-dealkylation sites (N-methyl/N-ethyl adjacent to an activating group) is 1. The zero-order valence-corrected chi connectivity index (χ0v) is 19.5. The van der Waals surface area contributed by atoms with Gasteiger partial charge < -0.3 is 19.3 Å². The van der Waals surface area contributed by atoms with Gasteiger partial charge in [0.25, 0.3) is 5.91 Å². The minimum atomic E-state index is -0.451. The molecule has 3 aliphatic rings. The molecule has 32 heavy (non-hydrogen) atoms. The first-order chi connectivity index (χ1) is 15.3. The number of benzene rings is 1. The van der Waals surface area contributed by atoms with E-state index in [1.807, 2.05) is 43.3 Å². The molecule has 1 fully saturated rings. The molecule has 5 unspecified atom stereocenters. The van der Waals surface area contributed by atoms with Crippen LogP contribution in [-0.2, 0) is 14.3 Å². The molecule has 4 rings (SSSR count). The van der Waals surface area contributed by atoms with E-state index < -0.39 is 6.04 Å². The topological polar surface area (TPSA) is 59.1 Å². The van der Waals surface area contributed by atoms with Crippen molar-refractivity contribution in [2.24, 2.45) is 17.8 Å². The van der Waals surface area contributed by atoms with Gasteiger partial charge in [-0.05, 0) is 56.5 Å². The first-order valence-corrected chi connectivity index (χ1v) is 11.6. The highest BCUT2D eigenvalue weighted by atomic mass is 16.5. The lowest BCUT2D eigenvalue weighted by Gasteiger charge is -2.40. The highest BCUT2D eigenvalue weighted by molar-refractivity contribution is 6.11. The van der Waals surface area contributed by atoms with E-state index in [1.165, 1.54) is 0 Å². The lowest BCUT2D eigenvalue weighted by atomic mass is 9.70. The van der Waals surface area contributed by atoms with Crippen LogP contribution in [0.15, 0.2) is 48.3 Å². The van der Waals surface area contributed by atoms with E-state index in [0.717, 1.165) is 18.4 Å². The maximum absolute atomic E-state index is 13.8. The van der Waals surface area contributed by atoms with Crippen LogP contribution in [0.4, 0.5) is 0 Å². The molecule has 1 saturated carbocycles. The molecule has 1 aromatic carbocycles. The van der Waals surface area contributed by atoms with Crippen LogP contribution < -0.4 is 4.74 Å². The Bertz CT molecular complexity index is 938. The maximum Gasteiger partial charge on any atom is 0.290 e. The SMILES string of the molecule is C=CCOc1cccc(C2C3=C(OC4CC(C)C(C)CC4C3=O)C(=O)N2CCN(C)C)c1. The Kier molecular flexibility index (Phi) is 6.42. The third-order valence-electron chi connectivity index (χ3n) is 7.14. The minimum Gasteiger partial charge on any atom is -0.490 e. The highest BCUT2D eigenvalue weighted by Gasteiger charge is 2.53. The number of rotatable bonds is 7. The summed E-state index contributed by atoms with van der Waals surface area (Å²) >= 11 is 0. The number of carbonyl (C=O) groups excluding carboxylic acids is 2. The molecule has 0 radical (unpaired) electrons. The van der Waals surface area contributed by atoms with Crippen LogP contribution in [0.5, 0.6) is 5.75 Å². The summed E-state index contributed by atoms with van der Waals surface area (Å²) in [7, 11) is 3.96. The lowest BCUT2D eigenvalue weighted by molar-refractivity contribution is -0.137. The Hall–Kier alpha value is -2.60. The van der Waals surface area contributed by atoms with Gasteiger partial charge in [0.2, 0.25) is 0 Å². The number of amides is 1. The standard InChI is InChI=1S/C26H34N2O4/c1-6-12-31-19-9-7-8-18(15-19)23-22-24(29)20-13-16(2)17(3)14-21(20)32-25(22)26(30)28(23)11-10-27(4)5/h6-9,15-17,20-21,23H,1,10-14H2,2-5H3. The van der Waals surface area contributed by atoms with Crippen molar-refractivity contribution >= 4 is 11.7 Å². The van der Waals surface area contributed by atoms with Gasteiger partial charge >= 0.3 is 0 Å². The van der Waals surface area contributed by atoms with Crippen LogP contribution in [0, 0.1) is 17.8 Å². The van der Waals surface area contributed by atoms with Crippen molar-refractivity contribution in [2.75, 3.05) is 33.8 Å². The molecule has 6 nitrogen and oxygen atoms in total. The number of carbonyl (C=O) groups is 2. The highest BCUT2D eigenvalue weighted by Crippen LogP contribution is 2.48. The van der Waals surface area contributed by atoms with Crippen LogP contribution in [0.3, 0.4) is 0 Å². The fourth-order valence-corrected chi connectivity index (χ4v) is 5.12. The Morgan fingerprint density at radius 2 is 1.97 bits per heavy atom. The fourth-order valence-electron chi connectivity index (χ4n) is 5.12. The average Bonchev–Trinajstić information content (AvgIpc) is 3.04. The quantitative estimate of drug-likeness (QED) is 0.609. The Morgan fingerprint density at radius 1 is 1.22 bits per heavy atom. The number of nitrogens with zero attached hydrogens (tertiary/aromatic N) is 2. The van der Waals surface area contributed by atoms with Gasteiger partial charge in [0.15, 0.2) is 11.5 Å². The van der Waals surface area contributed by atoms with Crippen molar-refractivity contribution in [3.8, 4) is 5.75 Å². The van der Waals surface area contributed by atoms with Crippen LogP contribution in [0.25, 0.3) is 0 Å². The van der Waals surface area contributed by atoms with Crippen molar-refractivity contribution < 1.29 is 19.1 Å². The number of ether oxygens (including phenoxy) is 2. The zero-order valence-electron chi connectivity index (χ0n) is 19.5. The molecular formula is C26H34N2O4. The third kappa shape index (κ3) is 4.08. The number of Topliss-reactive ketones (excluding diaryl/α,β-unsaturated/α-hetero) is 1. The molecule has 172 valence electrons. The second-order valence-corrected chi connectivity index (χ2v) is 9.67. The van der Waals surface area contributed by atoms with Crippen LogP contribution in [-0.4, -0.2) is 61.4 Å². The van der Waals surface area contributed by atoms with E-state index in [-0.39, 0.29) is 29.5 Å². The summed E-state index contributed by atoms with van der Waals surface area (Å²) in [5, 5.41) is 0. The first-order valence-electron chi connectivity index (χ1n) is 11.6. The molecule has 0 aromatic heterocycles. The molecule has 2 aliphatic heterocycles. The van der Waals surface area contributed by atoms with Gasteiger partial charge in [-0.3, -0.25) is 9.59 Å². The van der Waals surface area contributed by atoms with Crippen LogP contribution >= 0.6 is 0 Å².